The van der Waals surface area contributed by atoms with Crippen molar-refractivity contribution in [2.75, 3.05) is 5.32 Å². The van der Waals surface area contributed by atoms with Gasteiger partial charge in [0, 0.05) is 16.6 Å². The number of amides is 1. The Balaban J connectivity index is 1.97. The monoisotopic (exact) mass is 294 g/mol. The van der Waals surface area contributed by atoms with Crippen LogP contribution in [0.2, 0.25) is 0 Å². The van der Waals surface area contributed by atoms with E-state index in [1.54, 1.807) is 6.92 Å². The number of carbonyl (C=O) groups is 1. The molecule has 0 aliphatic heterocycles. The van der Waals surface area contributed by atoms with Gasteiger partial charge in [-0.05, 0) is 49.7 Å². The normalized spacial score (nSPS) is 10.7. The maximum absolute atomic E-state index is 13.3. The van der Waals surface area contributed by atoms with Crippen molar-refractivity contribution < 1.29 is 9.18 Å². The second-order valence-corrected chi connectivity index (χ2v) is 5.25. The lowest BCUT2D eigenvalue weighted by Gasteiger charge is -2.09. The van der Waals surface area contributed by atoms with E-state index in [4.69, 9.17) is 0 Å². The SMILES string of the molecule is Cc1ccc2cccc(NC(=O)c3ccc(F)c(C)c3)c2n1. The molecule has 0 saturated carbocycles. The van der Waals surface area contributed by atoms with Gasteiger partial charge in [0.05, 0.1) is 11.2 Å². The molecule has 3 aromatic rings. The van der Waals surface area contributed by atoms with Crippen molar-refractivity contribution >= 4 is 22.5 Å². The average molecular weight is 294 g/mol. The molecule has 2 aromatic carbocycles. The van der Waals surface area contributed by atoms with Crippen LogP contribution in [0.25, 0.3) is 10.9 Å². The lowest BCUT2D eigenvalue weighted by Crippen LogP contribution is -2.13. The maximum atomic E-state index is 13.3. The number of hydrogen-bond acceptors (Lipinski definition) is 2. The molecule has 1 heterocycles. The Morgan fingerprint density at radius 1 is 1.09 bits per heavy atom. The number of nitrogens with one attached hydrogen (secondary N) is 1. The number of para-hydroxylation sites is 1. The van der Waals surface area contributed by atoms with Gasteiger partial charge >= 0.3 is 0 Å². The van der Waals surface area contributed by atoms with E-state index < -0.39 is 0 Å². The number of hydrogen-bond donors (Lipinski definition) is 1. The summed E-state index contributed by atoms with van der Waals surface area (Å²) in [6.07, 6.45) is 0. The summed E-state index contributed by atoms with van der Waals surface area (Å²) in [4.78, 5) is 16.8. The first-order valence-electron chi connectivity index (χ1n) is 6.98. The third-order valence-corrected chi connectivity index (χ3v) is 3.53. The third-order valence-electron chi connectivity index (χ3n) is 3.53. The highest BCUT2D eigenvalue weighted by Crippen LogP contribution is 2.22. The topological polar surface area (TPSA) is 42.0 Å². The van der Waals surface area contributed by atoms with E-state index in [1.807, 2.05) is 37.3 Å². The fraction of sp³-hybridized carbons (Fsp3) is 0.111. The first-order chi connectivity index (χ1) is 10.5. The second kappa shape index (κ2) is 5.56. The van der Waals surface area contributed by atoms with Gasteiger partial charge in [0.15, 0.2) is 0 Å². The summed E-state index contributed by atoms with van der Waals surface area (Å²) >= 11 is 0. The molecule has 0 saturated heterocycles. The molecule has 1 N–H and O–H groups in total. The van der Waals surface area contributed by atoms with Crippen LogP contribution in [0.1, 0.15) is 21.6 Å². The highest BCUT2D eigenvalue weighted by Gasteiger charge is 2.10. The number of aromatic nitrogens is 1. The van der Waals surface area contributed by atoms with E-state index in [9.17, 15) is 9.18 Å². The van der Waals surface area contributed by atoms with Crippen molar-refractivity contribution in [1.82, 2.24) is 4.98 Å². The summed E-state index contributed by atoms with van der Waals surface area (Å²) in [6, 6.07) is 13.8. The number of aryl methyl sites for hydroxylation is 2. The molecule has 0 bridgehead atoms. The van der Waals surface area contributed by atoms with Crippen LogP contribution in [0, 0.1) is 19.7 Å². The Hall–Kier alpha value is -2.75. The van der Waals surface area contributed by atoms with Gasteiger partial charge in [-0.15, -0.1) is 0 Å². The maximum Gasteiger partial charge on any atom is 0.255 e. The van der Waals surface area contributed by atoms with E-state index in [0.29, 0.717) is 16.8 Å². The third kappa shape index (κ3) is 2.68. The summed E-state index contributed by atoms with van der Waals surface area (Å²) in [7, 11) is 0. The predicted molar refractivity (Wildman–Crippen MR) is 85.6 cm³/mol. The van der Waals surface area contributed by atoms with Gasteiger partial charge in [0.2, 0.25) is 0 Å². The standard InChI is InChI=1S/C18H15FN2O/c1-11-10-14(8-9-15(11)19)18(22)21-16-5-3-4-13-7-6-12(2)20-17(13)16/h3-10H,1-2H3,(H,21,22). The van der Waals surface area contributed by atoms with E-state index in [2.05, 4.69) is 10.3 Å². The van der Waals surface area contributed by atoms with Gasteiger partial charge in [-0.25, -0.2) is 4.39 Å². The molecule has 4 heteroatoms. The zero-order valence-electron chi connectivity index (χ0n) is 12.4. The van der Waals surface area contributed by atoms with Gasteiger partial charge in [-0.2, -0.15) is 0 Å². The molecular weight excluding hydrogens is 279 g/mol. The number of anilines is 1. The van der Waals surface area contributed by atoms with Crippen LogP contribution in [0.4, 0.5) is 10.1 Å². The van der Waals surface area contributed by atoms with Crippen LogP contribution in [-0.2, 0) is 0 Å². The molecule has 0 spiro atoms. The van der Waals surface area contributed by atoms with Gasteiger partial charge in [-0.3, -0.25) is 9.78 Å². The first kappa shape index (κ1) is 14.2. The number of benzene rings is 2. The molecule has 0 aliphatic carbocycles. The van der Waals surface area contributed by atoms with E-state index in [-0.39, 0.29) is 11.7 Å². The second-order valence-electron chi connectivity index (χ2n) is 5.25. The van der Waals surface area contributed by atoms with Gasteiger partial charge < -0.3 is 5.32 Å². The van der Waals surface area contributed by atoms with Crippen molar-refractivity contribution in [1.29, 1.82) is 0 Å². The number of fused-ring (bicyclic) bond motifs is 1. The smallest absolute Gasteiger partial charge is 0.255 e. The largest absolute Gasteiger partial charge is 0.320 e. The molecule has 0 atom stereocenters. The molecule has 110 valence electrons. The quantitative estimate of drug-likeness (QED) is 0.768. The van der Waals surface area contributed by atoms with Crippen LogP contribution in [0.15, 0.2) is 48.5 Å². The minimum Gasteiger partial charge on any atom is -0.320 e. The molecule has 0 unspecified atom stereocenters. The molecule has 1 aromatic heterocycles. The highest BCUT2D eigenvalue weighted by molar-refractivity contribution is 6.08. The van der Waals surface area contributed by atoms with Crippen LogP contribution < -0.4 is 5.32 Å². The van der Waals surface area contributed by atoms with Gasteiger partial charge in [-0.1, -0.05) is 18.2 Å². The Kier molecular flexibility index (Phi) is 3.59. The lowest BCUT2D eigenvalue weighted by molar-refractivity contribution is 0.102. The predicted octanol–water partition coefficient (Wildman–Crippen LogP) is 4.24. The Morgan fingerprint density at radius 2 is 1.91 bits per heavy atom. The summed E-state index contributed by atoms with van der Waals surface area (Å²) in [5, 5.41) is 3.81. The Morgan fingerprint density at radius 3 is 2.68 bits per heavy atom. The molecule has 1 amide bonds. The van der Waals surface area contributed by atoms with Crippen molar-refractivity contribution in [3.8, 4) is 0 Å². The van der Waals surface area contributed by atoms with Crippen LogP contribution in [0.5, 0.6) is 0 Å². The molecule has 22 heavy (non-hydrogen) atoms. The van der Waals surface area contributed by atoms with Gasteiger partial charge in [0.25, 0.3) is 5.91 Å². The van der Waals surface area contributed by atoms with E-state index in [1.165, 1.54) is 18.2 Å². The number of rotatable bonds is 2. The zero-order chi connectivity index (χ0) is 15.7. The number of nitrogens with zero attached hydrogens (tertiary/aromatic N) is 1. The summed E-state index contributed by atoms with van der Waals surface area (Å²) < 4.78 is 13.3. The van der Waals surface area contributed by atoms with Crippen LogP contribution in [-0.4, -0.2) is 10.9 Å². The minimum absolute atomic E-state index is 0.279. The Bertz CT molecular complexity index is 874. The first-order valence-corrected chi connectivity index (χ1v) is 6.98. The molecule has 3 rings (SSSR count). The minimum atomic E-state index is -0.320. The number of carbonyl (C=O) groups excluding carboxylic acids is 1. The van der Waals surface area contributed by atoms with Crippen LogP contribution >= 0.6 is 0 Å². The van der Waals surface area contributed by atoms with Gasteiger partial charge in [0.1, 0.15) is 5.82 Å². The molecule has 0 aliphatic rings. The summed E-state index contributed by atoms with van der Waals surface area (Å²) in [5.41, 5.74) is 3.14. The zero-order valence-corrected chi connectivity index (χ0v) is 12.4. The van der Waals surface area contributed by atoms with E-state index in [0.717, 1.165) is 16.6 Å². The van der Waals surface area contributed by atoms with Crippen molar-refractivity contribution in [2.45, 2.75) is 13.8 Å². The molecule has 3 nitrogen and oxygen atoms in total. The average Bonchev–Trinajstić information content (AvgIpc) is 2.50. The summed E-state index contributed by atoms with van der Waals surface area (Å²) in [6.45, 7) is 3.54. The van der Waals surface area contributed by atoms with Crippen LogP contribution in [0.3, 0.4) is 0 Å². The van der Waals surface area contributed by atoms with E-state index >= 15 is 0 Å². The van der Waals surface area contributed by atoms with Crippen molar-refractivity contribution in [2.24, 2.45) is 0 Å². The van der Waals surface area contributed by atoms with Crippen molar-refractivity contribution in [3.05, 3.63) is 71.2 Å². The molecular formula is C18H15FN2O. The molecule has 0 radical (unpaired) electrons. The Labute approximate surface area is 127 Å². The number of pyridine rings is 1. The molecule has 0 fully saturated rings. The highest BCUT2D eigenvalue weighted by atomic mass is 19.1. The fourth-order valence-corrected chi connectivity index (χ4v) is 2.33. The summed E-state index contributed by atoms with van der Waals surface area (Å²) in [5.74, 6) is -0.599. The lowest BCUT2D eigenvalue weighted by atomic mass is 10.1. The fourth-order valence-electron chi connectivity index (χ4n) is 2.33. The number of halogens is 1. The van der Waals surface area contributed by atoms with Crippen molar-refractivity contribution in [3.63, 3.8) is 0 Å².